The Bertz CT molecular complexity index is 497. The Hall–Kier alpha value is -1.40. The second kappa shape index (κ2) is 8.14. The average Bonchev–Trinajstić information content (AvgIpc) is 2.75. The molecule has 0 unspecified atom stereocenters. The van der Waals surface area contributed by atoms with Crippen LogP contribution in [-0.4, -0.2) is 60.5 Å². The van der Waals surface area contributed by atoms with Crippen molar-refractivity contribution in [3.8, 4) is 0 Å². The highest BCUT2D eigenvalue weighted by molar-refractivity contribution is 7.14. The predicted molar refractivity (Wildman–Crippen MR) is 85.1 cm³/mol. The number of aliphatic carboxylic acids is 1. The first-order valence-electron chi connectivity index (χ1n) is 7.10. The lowest BCUT2D eigenvalue weighted by Gasteiger charge is -2.22. The van der Waals surface area contributed by atoms with Crippen molar-refractivity contribution in [2.24, 2.45) is 0 Å². The fourth-order valence-electron chi connectivity index (χ4n) is 2.03. The lowest BCUT2D eigenvalue weighted by Crippen LogP contribution is -2.39. The first-order chi connectivity index (χ1) is 9.85. The van der Waals surface area contributed by atoms with Gasteiger partial charge in [-0.3, -0.25) is 9.59 Å². The third kappa shape index (κ3) is 5.47. The number of carboxylic acids is 1. The van der Waals surface area contributed by atoms with E-state index in [0.29, 0.717) is 18.0 Å². The maximum Gasteiger partial charge on any atom is 0.323 e. The Morgan fingerprint density at radius 3 is 2.48 bits per heavy atom. The summed E-state index contributed by atoms with van der Waals surface area (Å²) >= 11 is 1.45. The minimum atomic E-state index is -0.982. The molecule has 0 aliphatic heterocycles. The second-order valence-electron chi connectivity index (χ2n) is 5.37. The van der Waals surface area contributed by atoms with E-state index in [1.807, 2.05) is 32.0 Å². The topological polar surface area (TPSA) is 60.9 Å². The predicted octanol–water partition coefficient (Wildman–Crippen LogP) is 2.10. The molecule has 1 aromatic heterocycles. The van der Waals surface area contributed by atoms with E-state index >= 15 is 0 Å². The monoisotopic (exact) mass is 312 g/mol. The van der Waals surface area contributed by atoms with Gasteiger partial charge in [-0.15, -0.1) is 11.3 Å². The lowest BCUT2D eigenvalue weighted by molar-refractivity contribution is -0.137. The molecule has 0 saturated carbocycles. The molecule has 1 aromatic rings. The van der Waals surface area contributed by atoms with Crippen molar-refractivity contribution in [3.63, 3.8) is 0 Å². The third-order valence-corrected chi connectivity index (χ3v) is 4.26. The molecule has 1 rings (SSSR count). The van der Waals surface area contributed by atoms with E-state index < -0.39 is 5.97 Å². The SMILES string of the molecule is CCCc1cc(C(=O)N(CCN(C)C)CC(=O)O)sc1C. The van der Waals surface area contributed by atoms with Crippen LogP contribution in [0.25, 0.3) is 0 Å². The van der Waals surface area contributed by atoms with Crippen LogP contribution in [0.3, 0.4) is 0 Å². The molecule has 0 fully saturated rings. The van der Waals surface area contributed by atoms with Gasteiger partial charge in [0, 0.05) is 18.0 Å². The molecule has 118 valence electrons. The van der Waals surface area contributed by atoms with Crippen LogP contribution in [0.2, 0.25) is 0 Å². The Morgan fingerprint density at radius 2 is 1.95 bits per heavy atom. The van der Waals surface area contributed by atoms with E-state index in [-0.39, 0.29) is 12.5 Å². The first-order valence-corrected chi connectivity index (χ1v) is 7.91. The molecule has 0 aromatic carbocycles. The lowest BCUT2D eigenvalue weighted by atomic mass is 10.1. The van der Waals surface area contributed by atoms with E-state index in [1.165, 1.54) is 21.8 Å². The number of amides is 1. The average molecular weight is 312 g/mol. The highest BCUT2D eigenvalue weighted by Gasteiger charge is 2.21. The quantitative estimate of drug-likeness (QED) is 0.798. The largest absolute Gasteiger partial charge is 0.480 e. The minimum absolute atomic E-state index is 0.185. The molecule has 6 heteroatoms. The van der Waals surface area contributed by atoms with Crippen LogP contribution in [0.5, 0.6) is 0 Å². The highest BCUT2D eigenvalue weighted by Crippen LogP contribution is 2.24. The summed E-state index contributed by atoms with van der Waals surface area (Å²) < 4.78 is 0. The van der Waals surface area contributed by atoms with Gasteiger partial charge in [0.25, 0.3) is 5.91 Å². The number of carbonyl (C=O) groups excluding carboxylic acids is 1. The van der Waals surface area contributed by atoms with E-state index in [4.69, 9.17) is 5.11 Å². The normalized spacial score (nSPS) is 10.9. The van der Waals surface area contributed by atoms with Gasteiger partial charge < -0.3 is 14.9 Å². The molecule has 0 radical (unpaired) electrons. The van der Waals surface area contributed by atoms with Crippen LogP contribution in [0, 0.1) is 6.92 Å². The van der Waals surface area contributed by atoms with E-state index in [2.05, 4.69) is 6.92 Å². The van der Waals surface area contributed by atoms with Gasteiger partial charge in [-0.05, 0) is 39.1 Å². The number of thiophene rings is 1. The van der Waals surface area contributed by atoms with Gasteiger partial charge in [0.05, 0.1) is 4.88 Å². The number of hydrogen-bond donors (Lipinski definition) is 1. The summed E-state index contributed by atoms with van der Waals surface area (Å²) in [7, 11) is 3.80. The van der Waals surface area contributed by atoms with Crippen molar-refractivity contribution in [1.82, 2.24) is 9.80 Å². The Morgan fingerprint density at radius 1 is 1.29 bits per heavy atom. The van der Waals surface area contributed by atoms with Crippen molar-refractivity contribution < 1.29 is 14.7 Å². The van der Waals surface area contributed by atoms with E-state index in [9.17, 15) is 9.59 Å². The molecule has 0 spiro atoms. The van der Waals surface area contributed by atoms with Gasteiger partial charge in [-0.1, -0.05) is 13.3 Å². The van der Waals surface area contributed by atoms with E-state index in [1.54, 1.807) is 0 Å². The zero-order valence-corrected chi connectivity index (χ0v) is 14.0. The molecule has 1 amide bonds. The smallest absolute Gasteiger partial charge is 0.323 e. The van der Waals surface area contributed by atoms with Crippen LogP contribution in [0.1, 0.15) is 33.5 Å². The summed E-state index contributed by atoms with van der Waals surface area (Å²) in [5.74, 6) is -1.17. The molecule has 21 heavy (non-hydrogen) atoms. The van der Waals surface area contributed by atoms with Crippen molar-refractivity contribution in [2.45, 2.75) is 26.7 Å². The maximum absolute atomic E-state index is 12.5. The summed E-state index contributed by atoms with van der Waals surface area (Å²) in [4.78, 5) is 28.6. The third-order valence-electron chi connectivity index (χ3n) is 3.18. The first kappa shape index (κ1) is 17.7. The Labute approximate surface area is 130 Å². The number of carbonyl (C=O) groups is 2. The maximum atomic E-state index is 12.5. The van der Waals surface area contributed by atoms with Crippen molar-refractivity contribution in [2.75, 3.05) is 33.7 Å². The summed E-state index contributed by atoms with van der Waals surface area (Å²) in [5.41, 5.74) is 1.19. The number of likely N-dealkylation sites (N-methyl/N-ethyl adjacent to an activating group) is 1. The Balaban J connectivity index is 2.87. The summed E-state index contributed by atoms with van der Waals surface area (Å²) in [5, 5.41) is 8.98. The van der Waals surface area contributed by atoms with Crippen molar-refractivity contribution in [3.05, 3.63) is 21.4 Å². The van der Waals surface area contributed by atoms with Gasteiger partial charge in [-0.2, -0.15) is 0 Å². The van der Waals surface area contributed by atoms with Crippen molar-refractivity contribution >= 4 is 23.2 Å². The number of hydrogen-bond acceptors (Lipinski definition) is 4. The second-order valence-corrected chi connectivity index (χ2v) is 6.62. The molecular weight excluding hydrogens is 288 g/mol. The minimum Gasteiger partial charge on any atom is -0.480 e. The van der Waals surface area contributed by atoms with Gasteiger partial charge in [0.1, 0.15) is 6.54 Å². The zero-order valence-electron chi connectivity index (χ0n) is 13.2. The van der Waals surface area contributed by atoms with E-state index in [0.717, 1.165) is 17.7 Å². The summed E-state index contributed by atoms with van der Waals surface area (Å²) in [6, 6.07) is 1.91. The molecule has 0 bridgehead atoms. The fraction of sp³-hybridized carbons (Fsp3) is 0.600. The summed E-state index contributed by atoms with van der Waals surface area (Å²) in [6.45, 7) is 4.91. The highest BCUT2D eigenvalue weighted by atomic mass is 32.1. The van der Waals surface area contributed by atoms with Gasteiger partial charge in [-0.25, -0.2) is 0 Å². The molecule has 5 nitrogen and oxygen atoms in total. The molecule has 1 N–H and O–H groups in total. The molecule has 0 aliphatic carbocycles. The summed E-state index contributed by atoms with van der Waals surface area (Å²) in [6.07, 6.45) is 1.98. The van der Waals surface area contributed by atoms with Crippen LogP contribution >= 0.6 is 11.3 Å². The van der Waals surface area contributed by atoms with Crippen LogP contribution in [0.15, 0.2) is 6.07 Å². The van der Waals surface area contributed by atoms with Crippen LogP contribution in [-0.2, 0) is 11.2 Å². The number of carboxylic acid groups (broad SMARTS) is 1. The van der Waals surface area contributed by atoms with Gasteiger partial charge >= 0.3 is 5.97 Å². The Kier molecular flexibility index (Phi) is 6.84. The molecule has 0 aliphatic rings. The molecule has 0 saturated heterocycles. The number of rotatable bonds is 8. The van der Waals surface area contributed by atoms with Crippen LogP contribution in [0.4, 0.5) is 0 Å². The number of aryl methyl sites for hydroxylation is 2. The molecule has 0 atom stereocenters. The van der Waals surface area contributed by atoms with Crippen molar-refractivity contribution in [1.29, 1.82) is 0 Å². The standard InChI is InChI=1S/C15H24N2O3S/c1-5-6-12-9-13(21-11(12)2)15(20)17(10-14(18)19)8-7-16(3)4/h9H,5-8,10H2,1-4H3,(H,18,19). The molecular formula is C15H24N2O3S. The molecule has 1 heterocycles. The van der Waals surface area contributed by atoms with Gasteiger partial charge in [0.15, 0.2) is 0 Å². The van der Waals surface area contributed by atoms with Crippen LogP contribution < -0.4 is 0 Å². The number of nitrogens with zero attached hydrogens (tertiary/aromatic N) is 2. The zero-order chi connectivity index (χ0) is 16.0. The fourth-order valence-corrected chi connectivity index (χ4v) is 3.07. The van der Waals surface area contributed by atoms with Gasteiger partial charge in [0.2, 0.25) is 0 Å².